The fourth-order valence-electron chi connectivity index (χ4n) is 4.28. The molecule has 0 radical (unpaired) electrons. The maximum absolute atomic E-state index is 13.4. The maximum Gasteiger partial charge on any atom is 0.323 e. The minimum Gasteiger partial charge on any atom is -0.484 e. The van der Waals surface area contributed by atoms with Crippen LogP contribution in [0.25, 0.3) is 0 Å². The lowest BCUT2D eigenvalue weighted by Gasteiger charge is -2.70. The summed E-state index contributed by atoms with van der Waals surface area (Å²) in [5, 5.41) is 2.93. The Morgan fingerprint density at radius 3 is 2.67 bits per heavy atom. The zero-order valence-electron chi connectivity index (χ0n) is 14.2. The molecule has 9 heteroatoms. The molecule has 0 unspecified atom stereocenters. The normalized spacial score (nSPS) is 25.3. The van der Waals surface area contributed by atoms with Crippen LogP contribution >= 0.6 is 11.6 Å². The SMILES string of the molecule is O=C(COc1ccc(Cl)c(F)c1)NC12CC(CC(=O)c3c[nH]c(=O)[nH]3)(C1)C2. The lowest BCUT2D eigenvalue weighted by Crippen LogP contribution is -2.75. The van der Waals surface area contributed by atoms with E-state index >= 15 is 0 Å². The van der Waals surface area contributed by atoms with Crippen molar-refractivity contribution in [3.63, 3.8) is 0 Å². The number of ether oxygens (including phenoxy) is 1. The highest BCUT2D eigenvalue weighted by Crippen LogP contribution is 2.69. The molecule has 3 fully saturated rings. The molecule has 2 aromatic rings. The molecular formula is C18H17ClFN3O4. The first kappa shape index (κ1) is 17.8. The molecule has 2 bridgehead atoms. The topological polar surface area (TPSA) is 104 Å². The van der Waals surface area contributed by atoms with Crippen molar-refractivity contribution in [3.05, 3.63) is 51.4 Å². The third-order valence-electron chi connectivity index (χ3n) is 5.24. The van der Waals surface area contributed by atoms with Gasteiger partial charge in [-0.25, -0.2) is 9.18 Å². The second-order valence-electron chi connectivity index (χ2n) is 7.48. The van der Waals surface area contributed by atoms with Gasteiger partial charge < -0.3 is 20.0 Å². The van der Waals surface area contributed by atoms with Gasteiger partial charge in [-0.2, -0.15) is 0 Å². The van der Waals surface area contributed by atoms with Crippen LogP contribution in [-0.4, -0.2) is 33.8 Å². The largest absolute Gasteiger partial charge is 0.484 e. The monoisotopic (exact) mass is 393 g/mol. The van der Waals surface area contributed by atoms with Crippen molar-refractivity contribution in [2.24, 2.45) is 5.41 Å². The van der Waals surface area contributed by atoms with E-state index in [4.69, 9.17) is 16.3 Å². The Kier molecular flexibility index (Phi) is 4.10. The molecule has 0 saturated heterocycles. The molecular weight excluding hydrogens is 377 g/mol. The van der Waals surface area contributed by atoms with E-state index in [-0.39, 0.29) is 45.7 Å². The molecule has 142 valence electrons. The smallest absolute Gasteiger partial charge is 0.323 e. The van der Waals surface area contributed by atoms with E-state index < -0.39 is 11.5 Å². The number of aromatic nitrogens is 2. The Bertz CT molecular complexity index is 963. The van der Waals surface area contributed by atoms with Gasteiger partial charge >= 0.3 is 5.69 Å². The summed E-state index contributed by atoms with van der Waals surface area (Å²) in [7, 11) is 0. The van der Waals surface area contributed by atoms with E-state index in [1.807, 2.05) is 0 Å². The van der Waals surface area contributed by atoms with Crippen molar-refractivity contribution < 1.29 is 18.7 Å². The minimum absolute atomic E-state index is 0.00997. The number of hydrogen-bond donors (Lipinski definition) is 3. The molecule has 3 aliphatic rings. The molecule has 1 aromatic carbocycles. The fraction of sp³-hybridized carbons (Fsp3) is 0.389. The van der Waals surface area contributed by atoms with Crippen LogP contribution in [-0.2, 0) is 4.79 Å². The van der Waals surface area contributed by atoms with E-state index in [0.29, 0.717) is 6.42 Å². The molecule has 1 heterocycles. The van der Waals surface area contributed by atoms with Crippen molar-refractivity contribution in [2.45, 2.75) is 31.2 Å². The average molecular weight is 394 g/mol. The van der Waals surface area contributed by atoms with Gasteiger partial charge in [0.05, 0.1) is 5.02 Å². The van der Waals surface area contributed by atoms with Crippen LogP contribution in [0.4, 0.5) is 4.39 Å². The molecule has 0 atom stereocenters. The third kappa shape index (κ3) is 3.37. The van der Waals surface area contributed by atoms with Gasteiger partial charge in [0.15, 0.2) is 12.4 Å². The number of carbonyl (C=O) groups excluding carboxylic acids is 2. The molecule has 1 aromatic heterocycles. The first-order chi connectivity index (χ1) is 12.8. The van der Waals surface area contributed by atoms with Crippen molar-refractivity contribution in [3.8, 4) is 5.75 Å². The Labute approximate surface area is 158 Å². The van der Waals surface area contributed by atoms with Crippen LogP contribution in [0.15, 0.2) is 29.2 Å². The Hall–Kier alpha value is -2.61. The number of hydrogen-bond acceptors (Lipinski definition) is 4. The van der Waals surface area contributed by atoms with Gasteiger partial charge in [-0.1, -0.05) is 11.6 Å². The summed E-state index contributed by atoms with van der Waals surface area (Å²) in [5.41, 5.74) is -0.498. The van der Waals surface area contributed by atoms with Crippen LogP contribution in [0.1, 0.15) is 36.2 Å². The van der Waals surface area contributed by atoms with Gasteiger partial charge in [0.25, 0.3) is 5.91 Å². The van der Waals surface area contributed by atoms with Crippen molar-refractivity contribution >= 4 is 23.3 Å². The standard InChI is InChI=1S/C18H17ClFN3O4/c19-11-2-1-10(3-12(11)20)27-6-15(25)23-18-7-17(8-18,9-18)4-14(24)13-5-21-16(26)22-13/h1-3,5H,4,6-9H2,(H,23,25)(H2,21,22,26). The van der Waals surface area contributed by atoms with E-state index in [9.17, 15) is 18.8 Å². The highest BCUT2D eigenvalue weighted by Gasteiger charge is 2.68. The molecule has 3 N–H and O–H groups in total. The number of aromatic amines is 2. The molecule has 0 aliphatic heterocycles. The first-order valence-corrected chi connectivity index (χ1v) is 8.86. The van der Waals surface area contributed by atoms with E-state index in [0.717, 1.165) is 25.3 Å². The summed E-state index contributed by atoms with van der Waals surface area (Å²) in [6.07, 6.45) is 3.90. The Morgan fingerprint density at radius 1 is 1.30 bits per heavy atom. The molecule has 0 spiro atoms. The van der Waals surface area contributed by atoms with Crippen molar-refractivity contribution in [1.29, 1.82) is 0 Å². The molecule has 3 aliphatic carbocycles. The van der Waals surface area contributed by atoms with Gasteiger partial charge in [0, 0.05) is 24.2 Å². The lowest BCUT2D eigenvalue weighted by molar-refractivity contribution is -0.164. The number of imidazole rings is 1. The summed E-state index contributed by atoms with van der Waals surface area (Å²) < 4.78 is 18.6. The summed E-state index contributed by atoms with van der Waals surface area (Å²) in [4.78, 5) is 40.2. The van der Waals surface area contributed by atoms with Gasteiger partial charge in [0.2, 0.25) is 0 Å². The van der Waals surface area contributed by atoms with E-state index in [2.05, 4.69) is 15.3 Å². The number of Topliss-reactive ketones (excluding diaryl/α,β-unsaturated/α-hetero) is 1. The summed E-state index contributed by atoms with van der Waals surface area (Å²) in [6.45, 7) is -0.223. The highest BCUT2D eigenvalue weighted by atomic mass is 35.5. The first-order valence-electron chi connectivity index (χ1n) is 8.48. The summed E-state index contributed by atoms with van der Waals surface area (Å²) in [6, 6.07) is 3.98. The molecule has 7 nitrogen and oxygen atoms in total. The number of benzene rings is 1. The number of ketones is 1. The lowest BCUT2D eigenvalue weighted by atomic mass is 9.38. The van der Waals surface area contributed by atoms with Gasteiger partial charge in [-0.15, -0.1) is 0 Å². The zero-order valence-corrected chi connectivity index (χ0v) is 15.0. The van der Waals surface area contributed by atoms with Crippen LogP contribution < -0.4 is 15.7 Å². The minimum atomic E-state index is -0.607. The predicted molar refractivity (Wildman–Crippen MR) is 94.4 cm³/mol. The number of H-pyrrole nitrogens is 2. The molecule has 27 heavy (non-hydrogen) atoms. The van der Waals surface area contributed by atoms with Crippen LogP contribution in [0.2, 0.25) is 5.02 Å². The second-order valence-corrected chi connectivity index (χ2v) is 7.89. The van der Waals surface area contributed by atoms with Crippen LogP contribution in [0, 0.1) is 11.2 Å². The number of amides is 1. The number of nitrogens with one attached hydrogen (secondary N) is 3. The molecule has 3 saturated carbocycles. The van der Waals surface area contributed by atoms with Gasteiger partial charge in [0.1, 0.15) is 17.3 Å². The summed E-state index contributed by atoms with van der Waals surface area (Å²) in [5.74, 6) is -0.780. The third-order valence-corrected chi connectivity index (χ3v) is 5.54. The van der Waals surface area contributed by atoms with Crippen LogP contribution in [0.5, 0.6) is 5.75 Å². The fourth-order valence-corrected chi connectivity index (χ4v) is 4.40. The number of halogens is 2. The molecule has 1 amide bonds. The van der Waals surface area contributed by atoms with Crippen molar-refractivity contribution in [1.82, 2.24) is 15.3 Å². The highest BCUT2D eigenvalue weighted by molar-refractivity contribution is 6.30. The molecule has 5 rings (SSSR count). The number of carbonyl (C=O) groups is 2. The quantitative estimate of drug-likeness (QED) is 0.627. The zero-order chi connectivity index (χ0) is 19.2. The van der Waals surface area contributed by atoms with E-state index in [1.54, 1.807) is 0 Å². The van der Waals surface area contributed by atoms with Crippen LogP contribution in [0.3, 0.4) is 0 Å². The average Bonchev–Trinajstić information content (AvgIpc) is 2.99. The van der Waals surface area contributed by atoms with Gasteiger partial charge in [-0.05, 0) is 36.8 Å². The van der Waals surface area contributed by atoms with Gasteiger partial charge in [-0.3, -0.25) is 9.59 Å². The maximum atomic E-state index is 13.4. The Morgan fingerprint density at radius 2 is 2.04 bits per heavy atom. The second kappa shape index (κ2) is 6.23. The summed E-state index contributed by atoms with van der Waals surface area (Å²) >= 11 is 5.60. The number of rotatable bonds is 7. The van der Waals surface area contributed by atoms with E-state index in [1.165, 1.54) is 18.3 Å². The Balaban J connectivity index is 1.24. The van der Waals surface area contributed by atoms with Crippen molar-refractivity contribution in [2.75, 3.05) is 6.61 Å². The predicted octanol–water partition coefficient (Wildman–Crippen LogP) is 2.19.